The highest BCUT2D eigenvalue weighted by atomic mass is 31.2. The molecule has 0 saturated heterocycles. The molecule has 0 saturated carbocycles. The molecule has 3 N–H and O–H groups in total. The third-order valence-corrected chi connectivity index (χ3v) is 7.95. The molecule has 41 heavy (non-hydrogen) atoms. The second-order valence-corrected chi connectivity index (χ2v) is 13.3. The van der Waals surface area contributed by atoms with Crippen molar-refractivity contribution in [3.05, 3.63) is 83.7 Å². The van der Waals surface area contributed by atoms with E-state index >= 15 is 0 Å². The molecule has 9 heteroatoms. The minimum absolute atomic E-state index is 0.256. The number of aryl methyl sites for hydroxylation is 1. The van der Waals surface area contributed by atoms with Gasteiger partial charge in [0.2, 0.25) is 6.41 Å². The van der Waals surface area contributed by atoms with Crippen LogP contribution in [-0.2, 0) is 27.1 Å². The van der Waals surface area contributed by atoms with E-state index in [0.717, 1.165) is 54.3 Å². The zero-order chi connectivity index (χ0) is 30.3. The molecule has 3 aromatic rings. The highest BCUT2D eigenvalue weighted by Gasteiger charge is 2.13. The number of nitrogens with one attached hydrogen (secondary N) is 1. The van der Waals surface area contributed by atoms with Crippen LogP contribution < -0.4 is 5.32 Å². The van der Waals surface area contributed by atoms with Crippen molar-refractivity contribution >= 4 is 24.6 Å². The third kappa shape index (κ3) is 13.5. The Bertz CT molecular complexity index is 1290. The van der Waals surface area contributed by atoms with Crippen LogP contribution in [-0.4, -0.2) is 72.5 Å². The summed E-state index contributed by atoms with van der Waals surface area (Å²) in [7, 11) is 1.25. The first-order valence-electron chi connectivity index (χ1n) is 14.0. The molecule has 0 bridgehead atoms. The van der Waals surface area contributed by atoms with Gasteiger partial charge in [0.25, 0.3) is 0 Å². The van der Waals surface area contributed by atoms with E-state index in [1.807, 2.05) is 37.4 Å². The van der Waals surface area contributed by atoms with Gasteiger partial charge in [0.1, 0.15) is 5.75 Å². The first-order valence-corrected chi connectivity index (χ1v) is 16.3. The number of para-hydroxylation sites is 1. The van der Waals surface area contributed by atoms with Gasteiger partial charge in [-0.3, -0.25) is 14.3 Å². The number of amides is 1. The van der Waals surface area contributed by atoms with Crippen molar-refractivity contribution in [2.75, 3.05) is 40.1 Å². The molecule has 0 aliphatic carbocycles. The number of unbranched alkanes of at least 4 members (excludes halogenated alkanes) is 1. The molecular weight excluding hydrogens is 537 g/mol. The van der Waals surface area contributed by atoms with Crippen molar-refractivity contribution in [3.63, 3.8) is 0 Å². The van der Waals surface area contributed by atoms with E-state index in [0.29, 0.717) is 38.4 Å². The summed E-state index contributed by atoms with van der Waals surface area (Å²) in [5.74, 6) is 0.256. The smallest absolute Gasteiger partial charge is 0.207 e. The number of allylic oxidation sites excluding steroid dienone is 1. The molecule has 2 atom stereocenters. The Morgan fingerprint density at radius 3 is 2.59 bits per heavy atom. The van der Waals surface area contributed by atoms with Crippen LogP contribution in [0.15, 0.2) is 66.9 Å². The van der Waals surface area contributed by atoms with Crippen molar-refractivity contribution in [2.45, 2.75) is 51.6 Å². The van der Waals surface area contributed by atoms with E-state index in [2.05, 4.69) is 54.1 Å². The van der Waals surface area contributed by atoms with Crippen molar-refractivity contribution in [1.82, 2.24) is 15.2 Å². The van der Waals surface area contributed by atoms with E-state index in [1.165, 1.54) is 17.6 Å². The lowest BCUT2D eigenvalue weighted by atomic mass is 10.0. The first-order chi connectivity index (χ1) is 19.5. The summed E-state index contributed by atoms with van der Waals surface area (Å²) in [6.45, 7) is 9.16. The molecular formula is C32H46N3O5P. The summed E-state index contributed by atoms with van der Waals surface area (Å²) in [5.41, 5.74) is 3.80. The number of aromatic nitrogens is 1. The Morgan fingerprint density at radius 1 is 1.17 bits per heavy atom. The molecule has 2 unspecified atom stereocenters. The van der Waals surface area contributed by atoms with Crippen LogP contribution in [0.5, 0.6) is 5.75 Å². The molecule has 3 rings (SSSR count). The van der Waals surface area contributed by atoms with Crippen molar-refractivity contribution in [1.29, 1.82) is 0 Å². The van der Waals surface area contributed by atoms with Crippen molar-refractivity contribution < 1.29 is 24.1 Å². The summed E-state index contributed by atoms with van der Waals surface area (Å²) in [5, 5.41) is 14.3. The molecule has 1 aromatic heterocycles. The summed E-state index contributed by atoms with van der Waals surface area (Å²) in [6.07, 6.45) is 7.18. The number of aromatic hydroxyl groups is 1. The van der Waals surface area contributed by atoms with Gasteiger partial charge in [-0.2, -0.15) is 0 Å². The lowest BCUT2D eigenvalue weighted by Gasteiger charge is -2.24. The van der Waals surface area contributed by atoms with E-state index in [-0.39, 0.29) is 5.75 Å². The largest absolute Gasteiger partial charge is 0.507 e. The van der Waals surface area contributed by atoms with Gasteiger partial charge in [-0.05, 0) is 63.7 Å². The quantitative estimate of drug-likeness (QED) is 0.0860. The number of hydrogen-bond acceptors (Lipinski definition) is 6. The highest BCUT2D eigenvalue weighted by Crippen LogP contribution is 2.35. The van der Waals surface area contributed by atoms with Crippen LogP contribution in [0.1, 0.15) is 42.5 Å². The zero-order valence-corrected chi connectivity index (χ0v) is 25.8. The Morgan fingerprint density at radius 2 is 1.90 bits per heavy atom. The second kappa shape index (κ2) is 17.7. The van der Waals surface area contributed by atoms with Crippen molar-refractivity contribution in [2.24, 2.45) is 0 Å². The first kappa shape index (κ1) is 34.2. The molecule has 1 amide bonds. The number of nitrogens with zero attached hydrogens (tertiary/aromatic N) is 2. The summed E-state index contributed by atoms with van der Waals surface area (Å²) in [6, 6.07) is 16.2. The lowest BCUT2D eigenvalue weighted by molar-refractivity contribution is -0.109. The SMILES string of the molecule is C=C(CCC(COCCCCP(C)(=O)O)N(C)C)Cc1cc2ccccc2cn1.Cc1cccc(CNC=O)c1O. The number of phenolic OH excluding ortho intramolecular Hbond substituents is 1. The van der Waals surface area contributed by atoms with E-state index < -0.39 is 7.37 Å². The number of benzene rings is 2. The number of hydrogen-bond donors (Lipinski definition) is 3. The Balaban J connectivity index is 0.000000408. The molecule has 0 spiro atoms. The lowest BCUT2D eigenvalue weighted by Crippen LogP contribution is -2.32. The van der Waals surface area contributed by atoms with Crippen molar-refractivity contribution in [3.8, 4) is 5.75 Å². The van der Waals surface area contributed by atoms with Crippen LogP contribution in [0.3, 0.4) is 0 Å². The fraction of sp³-hybridized carbons (Fsp3) is 0.438. The monoisotopic (exact) mass is 583 g/mol. The zero-order valence-electron chi connectivity index (χ0n) is 24.9. The minimum Gasteiger partial charge on any atom is -0.507 e. The number of pyridine rings is 1. The van der Waals surface area contributed by atoms with Crippen LogP contribution in [0.2, 0.25) is 0 Å². The molecule has 0 aliphatic heterocycles. The van der Waals surface area contributed by atoms with Gasteiger partial charge in [0.05, 0.1) is 6.61 Å². The predicted octanol–water partition coefficient (Wildman–Crippen LogP) is 5.69. The fourth-order valence-corrected chi connectivity index (χ4v) is 5.08. The highest BCUT2D eigenvalue weighted by molar-refractivity contribution is 7.57. The van der Waals surface area contributed by atoms with E-state index in [4.69, 9.17) is 4.74 Å². The van der Waals surface area contributed by atoms with Gasteiger partial charge >= 0.3 is 0 Å². The number of likely N-dealkylation sites (N-methyl/N-ethyl adjacent to an activating group) is 1. The fourth-order valence-electron chi connectivity index (χ4n) is 4.27. The third-order valence-electron chi connectivity index (χ3n) is 6.80. The van der Waals surface area contributed by atoms with E-state index in [9.17, 15) is 19.4 Å². The van der Waals surface area contributed by atoms with Crippen LogP contribution in [0.4, 0.5) is 0 Å². The van der Waals surface area contributed by atoms with E-state index in [1.54, 1.807) is 6.07 Å². The number of carbonyl (C=O) groups is 1. The summed E-state index contributed by atoms with van der Waals surface area (Å²) < 4.78 is 17.1. The van der Waals surface area contributed by atoms with Crippen LogP contribution >= 0.6 is 7.37 Å². The molecule has 0 fully saturated rings. The Kier molecular flexibility index (Phi) is 14.8. The molecule has 0 aliphatic rings. The standard InChI is InChI=1S/C23H35N2O3P.C9H11NO2/c1-19(15-22-16-20-9-5-6-10-21(20)17-24-22)11-12-23(25(2)3)18-28-13-7-8-14-29(4,26)27;1-7-3-2-4-8(9(7)12)5-10-6-11/h5-6,9-10,16-17,23H,1,7-8,11-15,18H2,2-4H3,(H,26,27);2-4,6,12H,5H2,1H3,(H,10,11). The molecule has 0 radical (unpaired) electrons. The second-order valence-electron chi connectivity index (χ2n) is 10.7. The Labute approximate surface area is 244 Å². The Hall–Kier alpha value is -3.03. The van der Waals surface area contributed by atoms with Gasteiger partial charge in [-0.1, -0.05) is 54.6 Å². The topological polar surface area (TPSA) is 112 Å². The minimum atomic E-state index is -2.89. The maximum atomic E-state index is 11.3. The van der Waals surface area contributed by atoms with Gasteiger partial charge in [-0.25, -0.2) is 0 Å². The van der Waals surface area contributed by atoms with Gasteiger partial charge in [0.15, 0.2) is 7.37 Å². The van der Waals surface area contributed by atoms with Crippen LogP contribution in [0.25, 0.3) is 10.8 Å². The number of carbonyl (C=O) groups excluding carboxylic acids is 1. The predicted molar refractivity (Wildman–Crippen MR) is 168 cm³/mol. The van der Waals surface area contributed by atoms with Gasteiger partial charge in [0, 0.05) is 61.3 Å². The summed E-state index contributed by atoms with van der Waals surface area (Å²) >= 11 is 0. The number of rotatable bonds is 16. The average molecular weight is 584 g/mol. The average Bonchev–Trinajstić information content (AvgIpc) is 2.92. The number of phenols is 1. The maximum absolute atomic E-state index is 11.3. The van der Waals surface area contributed by atoms with Gasteiger partial charge < -0.3 is 25.0 Å². The molecule has 8 nitrogen and oxygen atoms in total. The van der Waals surface area contributed by atoms with Crippen LogP contribution in [0, 0.1) is 6.92 Å². The van der Waals surface area contributed by atoms with Gasteiger partial charge in [-0.15, -0.1) is 0 Å². The number of fused-ring (bicyclic) bond motifs is 1. The maximum Gasteiger partial charge on any atom is 0.207 e. The molecule has 224 valence electrons. The summed E-state index contributed by atoms with van der Waals surface area (Å²) in [4.78, 5) is 26.1. The molecule has 1 heterocycles. The normalized spacial score (nSPS) is 13.2. The number of ether oxygens (including phenoxy) is 1. The molecule has 2 aromatic carbocycles.